The van der Waals surface area contributed by atoms with Gasteiger partial charge in [-0.05, 0) is 32.2 Å². The lowest BCUT2D eigenvalue weighted by atomic mass is 10.1. The van der Waals surface area contributed by atoms with E-state index < -0.39 is 0 Å². The maximum atomic E-state index is 12.0. The van der Waals surface area contributed by atoms with Gasteiger partial charge in [0.15, 0.2) is 5.16 Å². The summed E-state index contributed by atoms with van der Waals surface area (Å²) in [6.45, 7) is 6.13. The molecule has 0 aliphatic carbocycles. The number of rotatable bonds is 7. The Morgan fingerprint density at radius 2 is 2.08 bits per heavy atom. The molecule has 0 unspecified atom stereocenters. The number of hydrogen-bond donors (Lipinski definition) is 3. The van der Waals surface area contributed by atoms with Gasteiger partial charge in [-0.2, -0.15) is 0 Å². The summed E-state index contributed by atoms with van der Waals surface area (Å²) in [4.78, 5) is 43.5. The zero-order chi connectivity index (χ0) is 19.2. The van der Waals surface area contributed by atoms with Crippen molar-refractivity contribution in [2.45, 2.75) is 44.4 Å². The third-order valence-electron chi connectivity index (χ3n) is 3.01. The summed E-state index contributed by atoms with van der Waals surface area (Å²) >= 11 is 2.69. The van der Waals surface area contributed by atoms with Crippen LogP contribution in [0.5, 0.6) is 0 Å². The number of carbonyl (C=O) groups is 2. The van der Waals surface area contributed by atoms with E-state index in [0.717, 1.165) is 16.6 Å². The van der Waals surface area contributed by atoms with Gasteiger partial charge in [0.1, 0.15) is 0 Å². The molecule has 0 aromatic carbocycles. The first-order valence-electron chi connectivity index (χ1n) is 8.04. The van der Waals surface area contributed by atoms with E-state index >= 15 is 0 Å². The molecule has 2 aromatic rings. The lowest BCUT2D eigenvalue weighted by Gasteiger charge is -2.20. The number of H-pyrrole nitrogens is 1. The highest BCUT2D eigenvalue weighted by molar-refractivity contribution is 7.99. The molecule has 0 radical (unpaired) electrons. The fraction of sp³-hybridized carbons (Fsp3) is 0.412. The molecule has 2 rings (SSSR count). The molecule has 26 heavy (non-hydrogen) atoms. The van der Waals surface area contributed by atoms with Gasteiger partial charge in [0.25, 0.3) is 5.56 Å². The van der Waals surface area contributed by atoms with Crippen molar-refractivity contribution in [2.24, 2.45) is 0 Å². The lowest BCUT2D eigenvalue weighted by Crippen LogP contribution is -2.41. The fourth-order valence-corrected chi connectivity index (χ4v) is 3.40. The number of thiophene rings is 1. The van der Waals surface area contributed by atoms with E-state index in [0.29, 0.717) is 17.4 Å². The number of hydrogen-bond acceptors (Lipinski definition) is 6. The summed E-state index contributed by atoms with van der Waals surface area (Å²) in [6.07, 6.45) is 0.0110. The zero-order valence-corrected chi connectivity index (χ0v) is 16.6. The second-order valence-electron chi connectivity index (χ2n) is 6.66. The SMILES string of the molecule is CC(C)(C)NC(=O)CSc1nc(CC(=O)NCc2cccs2)cc(=O)[nH]1. The molecule has 0 fully saturated rings. The van der Waals surface area contributed by atoms with E-state index in [4.69, 9.17) is 0 Å². The standard InChI is InChI=1S/C17H22N4O3S2/c1-17(2,3)21-15(24)10-26-16-19-11(8-14(23)20-16)7-13(22)18-9-12-5-4-6-25-12/h4-6,8H,7,9-10H2,1-3H3,(H,18,22)(H,21,24)(H,19,20,23). The molecule has 0 aliphatic rings. The van der Waals surface area contributed by atoms with Crippen LogP contribution in [0.4, 0.5) is 0 Å². The Labute approximate surface area is 160 Å². The van der Waals surface area contributed by atoms with Gasteiger partial charge >= 0.3 is 0 Å². The molecule has 0 spiro atoms. The van der Waals surface area contributed by atoms with Crippen LogP contribution in [0.2, 0.25) is 0 Å². The highest BCUT2D eigenvalue weighted by Gasteiger charge is 2.15. The largest absolute Gasteiger partial charge is 0.351 e. The second kappa shape index (κ2) is 9.00. The summed E-state index contributed by atoms with van der Waals surface area (Å²) in [5.41, 5.74) is -0.294. The Morgan fingerprint density at radius 3 is 2.73 bits per heavy atom. The van der Waals surface area contributed by atoms with Crippen LogP contribution in [-0.4, -0.2) is 33.1 Å². The first kappa shape index (κ1) is 20.2. The Hall–Kier alpha value is -2.13. The van der Waals surface area contributed by atoms with Crippen molar-refractivity contribution in [1.82, 2.24) is 20.6 Å². The van der Waals surface area contributed by atoms with Crippen LogP contribution in [0.3, 0.4) is 0 Å². The van der Waals surface area contributed by atoms with E-state index in [9.17, 15) is 14.4 Å². The molecule has 0 aliphatic heterocycles. The molecule has 2 heterocycles. The molecule has 0 atom stereocenters. The topological polar surface area (TPSA) is 104 Å². The van der Waals surface area contributed by atoms with Crippen molar-refractivity contribution in [2.75, 3.05) is 5.75 Å². The molecule has 7 nitrogen and oxygen atoms in total. The van der Waals surface area contributed by atoms with Crippen molar-refractivity contribution in [3.63, 3.8) is 0 Å². The maximum Gasteiger partial charge on any atom is 0.251 e. The van der Waals surface area contributed by atoms with Crippen molar-refractivity contribution in [3.8, 4) is 0 Å². The van der Waals surface area contributed by atoms with Crippen LogP contribution in [0, 0.1) is 0 Å². The molecule has 0 saturated heterocycles. The van der Waals surface area contributed by atoms with E-state index in [1.165, 1.54) is 6.07 Å². The average Bonchev–Trinajstić information content (AvgIpc) is 3.02. The summed E-state index contributed by atoms with van der Waals surface area (Å²) < 4.78 is 0. The molecule has 2 amide bonds. The summed E-state index contributed by atoms with van der Waals surface area (Å²) in [6, 6.07) is 5.15. The maximum absolute atomic E-state index is 12.0. The minimum absolute atomic E-state index is 0.0110. The predicted molar refractivity (Wildman–Crippen MR) is 103 cm³/mol. The van der Waals surface area contributed by atoms with Crippen LogP contribution in [-0.2, 0) is 22.6 Å². The molecular formula is C17H22N4O3S2. The van der Waals surface area contributed by atoms with Gasteiger partial charge in [0.2, 0.25) is 11.8 Å². The quantitative estimate of drug-likeness (QED) is 0.490. The first-order chi connectivity index (χ1) is 12.2. The predicted octanol–water partition coefficient (Wildman–Crippen LogP) is 1.70. The molecule has 0 saturated carbocycles. The smallest absolute Gasteiger partial charge is 0.251 e. The van der Waals surface area contributed by atoms with Gasteiger partial charge < -0.3 is 15.6 Å². The number of thioether (sulfide) groups is 1. The number of aromatic amines is 1. The van der Waals surface area contributed by atoms with Crippen LogP contribution >= 0.6 is 23.1 Å². The Bertz CT molecular complexity index is 810. The van der Waals surface area contributed by atoms with Crippen LogP contribution < -0.4 is 16.2 Å². The molecule has 0 bridgehead atoms. The summed E-state index contributed by atoms with van der Waals surface area (Å²) in [7, 11) is 0. The summed E-state index contributed by atoms with van der Waals surface area (Å²) in [5.74, 6) is -0.226. The lowest BCUT2D eigenvalue weighted by molar-refractivity contribution is -0.121. The van der Waals surface area contributed by atoms with Gasteiger partial charge in [0, 0.05) is 16.5 Å². The number of aromatic nitrogens is 2. The molecule has 2 aromatic heterocycles. The summed E-state index contributed by atoms with van der Waals surface area (Å²) in [5, 5.41) is 7.90. The number of amides is 2. The highest BCUT2D eigenvalue weighted by atomic mass is 32.2. The average molecular weight is 395 g/mol. The third kappa shape index (κ3) is 7.40. The Kier molecular flexibility index (Phi) is 6.98. The van der Waals surface area contributed by atoms with E-state index in [1.54, 1.807) is 11.3 Å². The van der Waals surface area contributed by atoms with Gasteiger partial charge in [-0.25, -0.2) is 4.98 Å². The minimum Gasteiger partial charge on any atom is -0.351 e. The Balaban J connectivity index is 1.90. The number of nitrogens with one attached hydrogen (secondary N) is 3. The van der Waals surface area contributed by atoms with Gasteiger partial charge in [-0.1, -0.05) is 17.8 Å². The zero-order valence-electron chi connectivity index (χ0n) is 14.9. The van der Waals surface area contributed by atoms with Crippen molar-refractivity contribution < 1.29 is 9.59 Å². The van der Waals surface area contributed by atoms with Crippen LogP contribution in [0.1, 0.15) is 31.3 Å². The molecular weight excluding hydrogens is 372 g/mol. The van der Waals surface area contributed by atoms with E-state index in [2.05, 4.69) is 20.6 Å². The molecule has 3 N–H and O–H groups in total. The van der Waals surface area contributed by atoms with E-state index in [1.807, 2.05) is 38.3 Å². The van der Waals surface area contributed by atoms with Gasteiger partial charge in [-0.3, -0.25) is 14.4 Å². The monoisotopic (exact) mass is 394 g/mol. The highest BCUT2D eigenvalue weighted by Crippen LogP contribution is 2.12. The van der Waals surface area contributed by atoms with Gasteiger partial charge in [0.05, 0.1) is 24.4 Å². The van der Waals surface area contributed by atoms with Crippen molar-refractivity contribution >= 4 is 34.9 Å². The van der Waals surface area contributed by atoms with Crippen molar-refractivity contribution in [1.29, 1.82) is 0 Å². The number of carbonyl (C=O) groups excluding carboxylic acids is 2. The van der Waals surface area contributed by atoms with E-state index in [-0.39, 0.29) is 35.1 Å². The minimum atomic E-state index is -0.347. The first-order valence-corrected chi connectivity index (χ1v) is 9.91. The Morgan fingerprint density at radius 1 is 1.31 bits per heavy atom. The van der Waals surface area contributed by atoms with Crippen molar-refractivity contribution in [3.05, 3.63) is 44.5 Å². The second-order valence-corrected chi connectivity index (χ2v) is 8.66. The molecule has 9 heteroatoms. The fourth-order valence-electron chi connectivity index (χ4n) is 2.06. The van der Waals surface area contributed by atoms with Crippen LogP contribution in [0.15, 0.2) is 33.5 Å². The normalized spacial score (nSPS) is 11.2. The van der Waals surface area contributed by atoms with Crippen LogP contribution in [0.25, 0.3) is 0 Å². The third-order valence-corrected chi connectivity index (χ3v) is 4.76. The van der Waals surface area contributed by atoms with Gasteiger partial charge in [-0.15, -0.1) is 11.3 Å². The molecule has 140 valence electrons. The number of nitrogens with zero attached hydrogens (tertiary/aromatic N) is 1.